The smallest absolute Gasteiger partial charge is 0.483 e. The van der Waals surface area contributed by atoms with Crippen LogP contribution in [0.25, 0.3) is 0 Å². The molecule has 0 bridgehead atoms. The standard InChI is InChI=1S/C16H26FN3O3.C3H6O3/c1-6-11(3)10-23-13(7-2)8-20-9-14(17)15(19-16(20)21)18-12(4)22-5;1-5-3(4)6-2/h9,11,13H,4,6-8,10H2,1-3,5H3,(H,18,19,21);1-2H3/t11?,13-;/m0./s1. The van der Waals surface area contributed by atoms with Gasteiger partial charge >= 0.3 is 11.8 Å². The maximum Gasteiger partial charge on any atom is 0.507 e. The van der Waals surface area contributed by atoms with Gasteiger partial charge < -0.3 is 24.3 Å². The summed E-state index contributed by atoms with van der Waals surface area (Å²) in [5.74, 6) is -0.301. The first-order chi connectivity index (χ1) is 13.7. The molecule has 0 aliphatic heterocycles. The summed E-state index contributed by atoms with van der Waals surface area (Å²) in [6.07, 6.45) is 2.06. The summed E-state index contributed by atoms with van der Waals surface area (Å²) in [6, 6.07) is 0. The first-order valence-electron chi connectivity index (χ1n) is 9.22. The molecule has 29 heavy (non-hydrogen) atoms. The number of nitrogens with one attached hydrogen (secondary N) is 1. The number of hydrogen-bond donors (Lipinski definition) is 1. The van der Waals surface area contributed by atoms with E-state index in [0.29, 0.717) is 12.5 Å². The van der Waals surface area contributed by atoms with Crippen LogP contribution < -0.4 is 11.0 Å². The molecular weight excluding hydrogens is 385 g/mol. The van der Waals surface area contributed by atoms with Gasteiger partial charge in [0.2, 0.25) is 0 Å². The summed E-state index contributed by atoms with van der Waals surface area (Å²) in [6.45, 7) is 10.5. The monoisotopic (exact) mass is 417 g/mol. The third kappa shape index (κ3) is 10.5. The third-order valence-corrected chi connectivity index (χ3v) is 3.96. The minimum Gasteiger partial charge on any atom is -0.483 e. The zero-order chi connectivity index (χ0) is 22.4. The Kier molecular flexibility index (Phi) is 13.1. The fraction of sp³-hybridized carbons (Fsp3) is 0.632. The number of rotatable bonds is 10. The number of halogens is 1. The molecule has 2 atom stereocenters. The Morgan fingerprint density at radius 3 is 2.31 bits per heavy atom. The molecule has 0 aromatic carbocycles. The molecule has 0 fully saturated rings. The van der Waals surface area contributed by atoms with Gasteiger partial charge in [-0.05, 0) is 18.9 Å². The van der Waals surface area contributed by atoms with E-state index in [9.17, 15) is 14.0 Å². The van der Waals surface area contributed by atoms with Gasteiger partial charge in [0.15, 0.2) is 17.5 Å². The zero-order valence-electron chi connectivity index (χ0n) is 18.0. The lowest BCUT2D eigenvalue weighted by Gasteiger charge is -2.19. The van der Waals surface area contributed by atoms with Crippen molar-refractivity contribution in [3.05, 3.63) is 35.0 Å². The van der Waals surface area contributed by atoms with Gasteiger partial charge in [-0.25, -0.2) is 14.0 Å². The zero-order valence-corrected chi connectivity index (χ0v) is 18.0. The topological polar surface area (TPSA) is 101 Å². The third-order valence-electron chi connectivity index (χ3n) is 3.96. The Hall–Kier alpha value is -2.62. The Balaban J connectivity index is 0.00000113. The summed E-state index contributed by atoms with van der Waals surface area (Å²) >= 11 is 0. The first kappa shape index (κ1) is 26.4. The quantitative estimate of drug-likeness (QED) is 0.458. The molecule has 0 spiro atoms. The second-order valence-electron chi connectivity index (χ2n) is 6.16. The molecule has 9 nitrogen and oxygen atoms in total. The molecular formula is C19H32FN3O6. The second kappa shape index (κ2) is 14.4. The van der Waals surface area contributed by atoms with E-state index in [-0.39, 0.29) is 24.3 Å². The van der Waals surface area contributed by atoms with E-state index in [1.807, 2.05) is 6.92 Å². The summed E-state index contributed by atoms with van der Waals surface area (Å²) in [7, 11) is 3.90. The van der Waals surface area contributed by atoms with E-state index in [4.69, 9.17) is 9.47 Å². The lowest BCUT2D eigenvalue weighted by Crippen LogP contribution is -2.31. The number of methoxy groups -OCH3 is 3. The summed E-state index contributed by atoms with van der Waals surface area (Å²) in [5, 5.41) is 2.50. The van der Waals surface area contributed by atoms with Crippen LogP contribution in [0.4, 0.5) is 15.0 Å². The van der Waals surface area contributed by atoms with E-state index in [0.717, 1.165) is 19.0 Å². The number of carbonyl (C=O) groups excluding carboxylic acids is 1. The van der Waals surface area contributed by atoms with Crippen LogP contribution in [0.2, 0.25) is 0 Å². The lowest BCUT2D eigenvalue weighted by molar-refractivity contribution is 0.0185. The number of hydrogen-bond acceptors (Lipinski definition) is 8. The van der Waals surface area contributed by atoms with Crippen molar-refractivity contribution in [1.29, 1.82) is 0 Å². The van der Waals surface area contributed by atoms with E-state index in [1.165, 1.54) is 25.9 Å². The molecule has 0 saturated carbocycles. The Morgan fingerprint density at radius 1 is 1.24 bits per heavy atom. The molecule has 0 saturated heterocycles. The van der Waals surface area contributed by atoms with Crippen LogP contribution in [0.1, 0.15) is 33.6 Å². The number of carbonyl (C=O) groups is 1. The van der Waals surface area contributed by atoms with E-state index in [2.05, 4.69) is 40.2 Å². The highest BCUT2D eigenvalue weighted by Crippen LogP contribution is 2.11. The molecule has 1 N–H and O–H groups in total. The van der Waals surface area contributed by atoms with Gasteiger partial charge in [-0.1, -0.05) is 27.2 Å². The summed E-state index contributed by atoms with van der Waals surface area (Å²) in [4.78, 5) is 25.4. The second-order valence-corrected chi connectivity index (χ2v) is 6.16. The van der Waals surface area contributed by atoms with E-state index < -0.39 is 17.7 Å². The molecule has 1 aromatic heterocycles. The summed E-state index contributed by atoms with van der Waals surface area (Å²) in [5.41, 5.74) is -0.552. The molecule has 1 unspecified atom stereocenters. The Labute approximate surface area is 170 Å². The average molecular weight is 417 g/mol. The van der Waals surface area contributed by atoms with Crippen molar-refractivity contribution in [3.63, 3.8) is 0 Å². The van der Waals surface area contributed by atoms with E-state index >= 15 is 0 Å². The van der Waals surface area contributed by atoms with Crippen molar-refractivity contribution in [1.82, 2.24) is 9.55 Å². The molecule has 0 amide bonds. The maximum atomic E-state index is 14.0. The van der Waals surface area contributed by atoms with Gasteiger partial charge in [0.25, 0.3) is 0 Å². The number of nitrogens with zero attached hydrogens (tertiary/aromatic N) is 2. The number of ether oxygens (including phenoxy) is 4. The molecule has 1 heterocycles. The lowest BCUT2D eigenvalue weighted by atomic mass is 10.1. The van der Waals surface area contributed by atoms with Crippen molar-refractivity contribution < 1.29 is 28.1 Å². The highest BCUT2D eigenvalue weighted by Gasteiger charge is 2.14. The van der Waals surface area contributed by atoms with Gasteiger partial charge in [0.1, 0.15) is 0 Å². The van der Waals surface area contributed by atoms with Crippen molar-refractivity contribution >= 4 is 12.0 Å². The fourth-order valence-electron chi connectivity index (χ4n) is 1.89. The predicted molar refractivity (Wildman–Crippen MR) is 107 cm³/mol. The summed E-state index contributed by atoms with van der Waals surface area (Å²) < 4.78 is 33.9. The Morgan fingerprint density at radius 2 is 1.86 bits per heavy atom. The van der Waals surface area contributed by atoms with Crippen LogP contribution in [0.15, 0.2) is 23.5 Å². The number of anilines is 1. The SMILES string of the molecule is C=C(Nc1nc(=O)n(C[C@H](CC)OCC(C)CC)cc1F)OC.COC(=O)OC. The van der Waals surface area contributed by atoms with Crippen LogP contribution >= 0.6 is 0 Å². The first-order valence-corrected chi connectivity index (χ1v) is 9.22. The molecule has 0 aliphatic carbocycles. The molecule has 0 aliphatic rings. The van der Waals surface area contributed by atoms with Crippen molar-refractivity contribution in [2.24, 2.45) is 5.92 Å². The van der Waals surface area contributed by atoms with Crippen LogP contribution in [0.5, 0.6) is 0 Å². The number of aromatic nitrogens is 2. The van der Waals surface area contributed by atoms with Gasteiger partial charge in [-0.3, -0.25) is 4.57 Å². The van der Waals surface area contributed by atoms with Gasteiger partial charge in [-0.15, -0.1) is 0 Å². The van der Waals surface area contributed by atoms with Gasteiger partial charge in [0.05, 0.1) is 34.0 Å². The van der Waals surface area contributed by atoms with E-state index in [1.54, 1.807) is 0 Å². The molecule has 1 aromatic rings. The maximum absolute atomic E-state index is 14.0. The fourth-order valence-corrected chi connectivity index (χ4v) is 1.89. The normalized spacial score (nSPS) is 12.1. The average Bonchev–Trinajstić information content (AvgIpc) is 2.73. The van der Waals surface area contributed by atoms with Crippen molar-refractivity contribution in [2.75, 3.05) is 33.3 Å². The van der Waals surface area contributed by atoms with Gasteiger partial charge in [0, 0.05) is 12.8 Å². The van der Waals surface area contributed by atoms with Crippen LogP contribution in [0.3, 0.4) is 0 Å². The minimum atomic E-state index is -0.657. The highest BCUT2D eigenvalue weighted by atomic mass is 19.1. The van der Waals surface area contributed by atoms with Crippen molar-refractivity contribution in [3.8, 4) is 0 Å². The van der Waals surface area contributed by atoms with Gasteiger partial charge in [-0.2, -0.15) is 4.98 Å². The largest absolute Gasteiger partial charge is 0.507 e. The molecule has 166 valence electrons. The van der Waals surface area contributed by atoms with Crippen molar-refractivity contribution in [2.45, 2.75) is 46.3 Å². The molecule has 1 rings (SSSR count). The predicted octanol–water partition coefficient (Wildman–Crippen LogP) is 3.15. The highest BCUT2D eigenvalue weighted by molar-refractivity contribution is 5.59. The van der Waals surface area contributed by atoms with Crippen LogP contribution in [-0.2, 0) is 25.5 Å². The molecule has 0 radical (unpaired) electrons. The van der Waals surface area contributed by atoms with Crippen LogP contribution in [-0.4, -0.2) is 49.7 Å². The van der Waals surface area contributed by atoms with Crippen LogP contribution in [0, 0.1) is 11.7 Å². The molecule has 10 heteroatoms. The minimum absolute atomic E-state index is 0.108. The Bertz CT molecular complexity index is 689.